The van der Waals surface area contributed by atoms with Gasteiger partial charge in [-0.05, 0) is 53.3 Å². The fourth-order valence-corrected chi connectivity index (χ4v) is 5.15. The molecule has 0 saturated heterocycles. The third-order valence-corrected chi connectivity index (χ3v) is 7.30. The average Bonchev–Trinajstić information content (AvgIpc) is 3.43. The van der Waals surface area contributed by atoms with Crippen LogP contribution in [0.25, 0.3) is 32.9 Å². The van der Waals surface area contributed by atoms with Crippen molar-refractivity contribution in [1.82, 2.24) is 13.9 Å². The minimum atomic E-state index is -0.243. The first kappa shape index (κ1) is 19.6. The Kier molecular flexibility index (Phi) is 5.05. The Morgan fingerprint density at radius 2 is 2.17 bits per heavy atom. The zero-order valence-corrected chi connectivity index (χ0v) is 19.1. The summed E-state index contributed by atoms with van der Waals surface area (Å²) in [6, 6.07) is 11.9. The Morgan fingerprint density at radius 3 is 2.93 bits per heavy atom. The van der Waals surface area contributed by atoms with Gasteiger partial charge in [-0.2, -0.15) is 5.26 Å². The predicted octanol–water partition coefficient (Wildman–Crippen LogP) is 5.85. The third-order valence-electron chi connectivity index (χ3n) is 5.27. The van der Waals surface area contributed by atoms with Gasteiger partial charge in [-0.3, -0.25) is 8.77 Å². The number of pyridine rings is 2. The van der Waals surface area contributed by atoms with Crippen LogP contribution >= 0.6 is 41.9 Å². The van der Waals surface area contributed by atoms with E-state index in [0.717, 1.165) is 32.9 Å². The van der Waals surface area contributed by atoms with Gasteiger partial charge in [0.2, 0.25) is 5.91 Å². The fraction of sp³-hybridized carbons (Fsp3) is 0.143. The topological polar surface area (TPSA) is 83.6 Å². The summed E-state index contributed by atoms with van der Waals surface area (Å²) >= 11 is 8.79. The number of aromatic nitrogens is 3. The molecule has 30 heavy (non-hydrogen) atoms. The van der Waals surface area contributed by atoms with Gasteiger partial charge in [0.15, 0.2) is 5.65 Å². The van der Waals surface area contributed by atoms with Crippen LogP contribution in [0.1, 0.15) is 6.42 Å². The summed E-state index contributed by atoms with van der Waals surface area (Å²) < 4.78 is 2.01. The number of halogens is 2. The van der Waals surface area contributed by atoms with E-state index in [1.807, 2.05) is 40.5 Å². The monoisotopic (exact) mass is 545 g/mol. The molecule has 0 bridgehead atoms. The smallest absolute Gasteiger partial charge is 0.230 e. The van der Waals surface area contributed by atoms with Crippen molar-refractivity contribution in [3.63, 3.8) is 0 Å². The molecule has 2 atom stereocenters. The molecule has 1 aliphatic carbocycles. The van der Waals surface area contributed by atoms with E-state index >= 15 is 0 Å². The van der Waals surface area contributed by atoms with E-state index in [4.69, 9.17) is 16.9 Å². The molecule has 1 amide bonds. The molecule has 1 aromatic carbocycles. The van der Waals surface area contributed by atoms with Gasteiger partial charge >= 0.3 is 0 Å². The van der Waals surface area contributed by atoms with E-state index in [2.05, 4.69) is 42.6 Å². The number of amides is 1. The predicted molar refractivity (Wildman–Crippen MR) is 128 cm³/mol. The van der Waals surface area contributed by atoms with Crippen molar-refractivity contribution in [1.29, 1.82) is 5.26 Å². The van der Waals surface area contributed by atoms with Gasteiger partial charge in [0, 0.05) is 59.7 Å². The molecule has 0 unspecified atom stereocenters. The summed E-state index contributed by atoms with van der Waals surface area (Å²) in [5, 5.41) is 15.1. The maximum Gasteiger partial charge on any atom is 0.230 e. The minimum absolute atomic E-state index is 0.163. The molecule has 5 rings (SSSR count). The summed E-state index contributed by atoms with van der Waals surface area (Å²) in [6.07, 6.45) is 6.06. The van der Waals surface area contributed by atoms with Crippen LogP contribution in [0.3, 0.4) is 0 Å². The van der Waals surface area contributed by atoms with Crippen molar-refractivity contribution in [3.05, 3.63) is 53.9 Å². The molecule has 0 aliphatic heterocycles. The SMILES string of the molecule is N#C[C@H]1C[C@@H]1C(=O)Nc1cc2cc(-c3ccnc4c3ccn4SI)cc(Cl)c2cn1. The second-order valence-electron chi connectivity index (χ2n) is 7.12. The lowest BCUT2D eigenvalue weighted by Crippen LogP contribution is -2.15. The van der Waals surface area contributed by atoms with Crippen LogP contribution in [0, 0.1) is 23.2 Å². The van der Waals surface area contributed by atoms with Crippen molar-refractivity contribution >= 4 is 75.5 Å². The van der Waals surface area contributed by atoms with Gasteiger partial charge in [0.25, 0.3) is 0 Å². The van der Waals surface area contributed by atoms with Crippen LogP contribution < -0.4 is 5.32 Å². The number of rotatable bonds is 4. The van der Waals surface area contributed by atoms with E-state index < -0.39 is 0 Å². The van der Waals surface area contributed by atoms with Crippen molar-refractivity contribution < 1.29 is 4.79 Å². The second kappa shape index (κ2) is 7.72. The Hall–Kier alpha value is -2.35. The summed E-state index contributed by atoms with van der Waals surface area (Å²) in [7, 11) is 1.56. The largest absolute Gasteiger partial charge is 0.310 e. The van der Waals surface area contributed by atoms with Gasteiger partial charge in [-0.25, -0.2) is 9.97 Å². The lowest BCUT2D eigenvalue weighted by Gasteiger charge is -2.10. The Balaban J connectivity index is 1.55. The number of carbonyl (C=O) groups is 1. The van der Waals surface area contributed by atoms with Crippen LogP contribution in [0.2, 0.25) is 5.02 Å². The lowest BCUT2D eigenvalue weighted by molar-refractivity contribution is -0.117. The highest BCUT2D eigenvalue weighted by Gasteiger charge is 2.43. The van der Waals surface area contributed by atoms with Gasteiger partial charge in [-0.1, -0.05) is 11.6 Å². The minimum Gasteiger partial charge on any atom is -0.310 e. The third kappa shape index (κ3) is 3.41. The quantitative estimate of drug-likeness (QED) is 0.325. The number of nitrogens with one attached hydrogen (secondary N) is 1. The van der Waals surface area contributed by atoms with Crippen LogP contribution in [-0.4, -0.2) is 19.8 Å². The van der Waals surface area contributed by atoms with Gasteiger partial charge in [0.05, 0.1) is 22.9 Å². The lowest BCUT2D eigenvalue weighted by atomic mass is 10.0. The summed E-state index contributed by atoms with van der Waals surface area (Å²) in [6.45, 7) is 0. The van der Waals surface area contributed by atoms with Crippen molar-refractivity contribution in [2.75, 3.05) is 5.32 Å². The van der Waals surface area contributed by atoms with Crippen molar-refractivity contribution in [2.24, 2.45) is 11.8 Å². The van der Waals surface area contributed by atoms with Gasteiger partial charge in [-0.15, -0.1) is 0 Å². The first-order valence-corrected chi connectivity index (χ1v) is 12.8. The Bertz CT molecular complexity index is 1370. The molecule has 148 valence electrons. The Morgan fingerprint density at radius 1 is 1.30 bits per heavy atom. The molecular weight excluding hydrogens is 533 g/mol. The molecule has 0 radical (unpaired) electrons. The highest BCUT2D eigenvalue weighted by atomic mass is 127. The second-order valence-corrected chi connectivity index (χ2v) is 9.24. The van der Waals surface area contributed by atoms with Crippen LogP contribution in [-0.2, 0) is 4.79 Å². The number of carbonyl (C=O) groups excluding carboxylic acids is 1. The average molecular weight is 546 g/mol. The number of benzene rings is 1. The molecule has 9 heteroatoms. The Labute approximate surface area is 193 Å². The first-order valence-electron chi connectivity index (χ1n) is 9.14. The number of hydrogen-bond acceptors (Lipinski definition) is 5. The van der Waals surface area contributed by atoms with E-state index in [1.165, 1.54) is 0 Å². The molecule has 1 fully saturated rings. The van der Waals surface area contributed by atoms with E-state index in [1.54, 1.807) is 21.5 Å². The molecule has 3 heterocycles. The molecule has 6 nitrogen and oxygen atoms in total. The zero-order chi connectivity index (χ0) is 20.8. The van der Waals surface area contributed by atoms with Crippen molar-refractivity contribution in [3.8, 4) is 17.2 Å². The number of nitrogens with zero attached hydrogens (tertiary/aromatic N) is 4. The zero-order valence-electron chi connectivity index (χ0n) is 15.3. The molecule has 4 aromatic rings. The number of nitriles is 1. The highest BCUT2D eigenvalue weighted by molar-refractivity contribution is 14.2. The first-order chi connectivity index (χ1) is 14.6. The molecule has 0 spiro atoms. The summed E-state index contributed by atoms with van der Waals surface area (Å²) in [5.74, 6) is -0.137. The van der Waals surface area contributed by atoms with Crippen LogP contribution in [0.15, 0.2) is 48.9 Å². The van der Waals surface area contributed by atoms with Crippen LogP contribution in [0.5, 0.6) is 0 Å². The maximum atomic E-state index is 12.3. The maximum absolute atomic E-state index is 12.3. The van der Waals surface area contributed by atoms with E-state index in [-0.39, 0.29) is 17.7 Å². The standard InChI is InChI=1S/C21H13ClIN5OS/c22-18-7-11(14-1-3-25-20-15(14)2-4-28(20)30-23)5-12-8-19(26-10-17(12)18)27-21(29)16-6-13(16)9-24/h1-5,7-8,10,13,16H,6H2,(H,26,27,29)/t13-,16+/m1/s1. The van der Waals surface area contributed by atoms with Crippen molar-refractivity contribution in [2.45, 2.75) is 6.42 Å². The molecule has 3 aromatic heterocycles. The van der Waals surface area contributed by atoms with E-state index in [9.17, 15) is 4.79 Å². The molecular formula is C21H13ClIN5OS. The summed E-state index contributed by atoms with van der Waals surface area (Å²) in [5.41, 5.74) is 2.89. The highest BCUT2D eigenvalue weighted by Crippen LogP contribution is 2.39. The fourth-order valence-electron chi connectivity index (χ4n) is 3.61. The van der Waals surface area contributed by atoms with E-state index in [0.29, 0.717) is 17.3 Å². The molecule has 1 aliphatic rings. The summed E-state index contributed by atoms with van der Waals surface area (Å²) in [4.78, 5) is 21.1. The van der Waals surface area contributed by atoms with Crippen LogP contribution in [0.4, 0.5) is 5.82 Å². The molecule has 1 saturated carbocycles. The number of fused-ring (bicyclic) bond motifs is 2. The normalized spacial score (nSPS) is 17.8. The van der Waals surface area contributed by atoms with Gasteiger partial charge < -0.3 is 5.32 Å². The molecule has 1 N–H and O–H groups in total. The van der Waals surface area contributed by atoms with Gasteiger partial charge in [0.1, 0.15) is 5.82 Å². The number of anilines is 1. The number of hydrogen-bond donors (Lipinski definition) is 1.